The summed E-state index contributed by atoms with van der Waals surface area (Å²) in [5, 5.41) is 5.44. The topological polar surface area (TPSA) is 66.9 Å². The second-order valence-electron chi connectivity index (χ2n) is 6.07. The summed E-state index contributed by atoms with van der Waals surface area (Å²) >= 11 is 0. The molecule has 3 rings (SSSR count). The number of nitrogens with zero attached hydrogens (tertiary/aromatic N) is 2. The van der Waals surface area contributed by atoms with Gasteiger partial charge >= 0.3 is 0 Å². The number of halogens is 3. The summed E-state index contributed by atoms with van der Waals surface area (Å²) in [6.45, 7) is 2.14. The zero-order valence-electron chi connectivity index (χ0n) is 15.0. The summed E-state index contributed by atoms with van der Waals surface area (Å²) in [5.41, 5.74) is 0.846. The number of anilines is 2. The van der Waals surface area contributed by atoms with E-state index in [9.17, 15) is 18.0 Å². The van der Waals surface area contributed by atoms with Crippen molar-refractivity contribution in [3.8, 4) is 0 Å². The molecule has 1 amide bonds. The largest absolute Gasteiger partial charge is 0.370 e. The van der Waals surface area contributed by atoms with E-state index in [-0.39, 0.29) is 17.2 Å². The third-order valence-electron chi connectivity index (χ3n) is 3.88. The molecule has 0 aliphatic rings. The van der Waals surface area contributed by atoms with Gasteiger partial charge in [-0.15, -0.1) is 0 Å². The van der Waals surface area contributed by atoms with Crippen LogP contribution in [-0.2, 0) is 6.42 Å². The van der Waals surface area contributed by atoms with E-state index in [0.717, 1.165) is 17.7 Å². The molecule has 0 fully saturated rings. The monoisotopic (exact) mass is 386 g/mol. The zero-order valence-corrected chi connectivity index (χ0v) is 15.0. The first-order valence-corrected chi connectivity index (χ1v) is 8.51. The van der Waals surface area contributed by atoms with Crippen molar-refractivity contribution < 1.29 is 18.0 Å². The Labute approximate surface area is 159 Å². The van der Waals surface area contributed by atoms with Crippen molar-refractivity contribution in [3.63, 3.8) is 0 Å². The van der Waals surface area contributed by atoms with Crippen molar-refractivity contribution in [3.05, 3.63) is 83.1 Å². The molecular formula is C20H17F3N4O. The van der Waals surface area contributed by atoms with Gasteiger partial charge in [0.05, 0.1) is 5.69 Å². The highest BCUT2D eigenvalue weighted by Crippen LogP contribution is 2.16. The fraction of sp³-hybridized carbons (Fsp3) is 0.150. The molecule has 0 aliphatic carbocycles. The highest BCUT2D eigenvalue weighted by molar-refractivity contribution is 6.03. The van der Waals surface area contributed by atoms with Crippen molar-refractivity contribution in [2.45, 2.75) is 13.3 Å². The molecule has 0 aliphatic heterocycles. The number of rotatable bonds is 6. The number of aromatic nitrogens is 2. The molecule has 0 atom stereocenters. The maximum Gasteiger partial charge on any atom is 0.274 e. The van der Waals surface area contributed by atoms with Crippen molar-refractivity contribution in [1.29, 1.82) is 0 Å². The molecule has 0 spiro atoms. The van der Waals surface area contributed by atoms with E-state index in [1.54, 1.807) is 19.1 Å². The molecule has 2 aromatic carbocycles. The van der Waals surface area contributed by atoms with Crippen LogP contribution in [0.15, 0.2) is 48.5 Å². The maximum absolute atomic E-state index is 13.7. The molecule has 0 bridgehead atoms. The minimum atomic E-state index is -0.878. The van der Waals surface area contributed by atoms with Gasteiger partial charge in [0.15, 0.2) is 0 Å². The Hall–Kier alpha value is -3.42. The minimum Gasteiger partial charge on any atom is -0.370 e. The summed E-state index contributed by atoms with van der Waals surface area (Å²) in [6.07, 6.45) is 0.631. The van der Waals surface area contributed by atoms with Crippen LogP contribution < -0.4 is 10.6 Å². The quantitative estimate of drug-likeness (QED) is 0.669. The number of carbonyl (C=O) groups is 1. The van der Waals surface area contributed by atoms with Crippen molar-refractivity contribution in [2.75, 3.05) is 17.2 Å². The lowest BCUT2D eigenvalue weighted by molar-refractivity contribution is 0.102. The summed E-state index contributed by atoms with van der Waals surface area (Å²) in [4.78, 5) is 20.6. The van der Waals surface area contributed by atoms with Crippen LogP contribution in [0.4, 0.5) is 24.7 Å². The van der Waals surface area contributed by atoms with Crippen LogP contribution in [0.25, 0.3) is 0 Å². The highest BCUT2D eigenvalue weighted by Gasteiger charge is 2.13. The molecule has 1 heterocycles. The molecule has 0 radical (unpaired) electrons. The van der Waals surface area contributed by atoms with E-state index in [2.05, 4.69) is 20.6 Å². The standard InChI is InChI=1S/C20H17F3N4O/c1-12-25-18(20(28)27-17-7-6-15(22)10-16(17)23)11-19(26-12)24-9-8-13-2-4-14(21)5-3-13/h2-7,10-11H,8-9H2,1H3,(H,27,28)(H,24,25,26). The number of nitrogens with one attached hydrogen (secondary N) is 2. The molecule has 1 aromatic heterocycles. The minimum absolute atomic E-state index is 0.0421. The van der Waals surface area contributed by atoms with Gasteiger partial charge in [-0.25, -0.2) is 23.1 Å². The first kappa shape index (κ1) is 19.3. The SMILES string of the molecule is Cc1nc(NCCc2ccc(F)cc2)cc(C(=O)Nc2ccc(F)cc2F)n1. The van der Waals surface area contributed by atoms with E-state index >= 15 is 0 Å². The third kappa shape index (κ3) is 5.06. The van der Waals surface area contributed by atoms with E-state index in [0.29, 0.717) is 30.7 Å². The first-order valence-electron chi connectivity index (χ1n) is 8.51. The summed E-state index contributed by atoms with van der Waals surface area (Å²) in [6, 6.07) is 10.5. The van der Waals surface area contributed by atoms with Gasteiger partial charge in [0.1, 0.15) is 34.8 Å². The highest BCUT2D eigenvalue weighted by atomic mass is 19.1. The number of benzene rings is 2. The molecule has 8 heteroatoms. The average Bonchev–Trinajstić information content (AvgIpc) is 2.65. The van der Waals surface area contributed by atoms with Gasteiger partial charge in [0, 0.05) is 18.7 Å². The van der Waals surface area contributed by atoms with Crippen LogP contribution in [-0.4, -0.2) is 22.4 Å². The second-order valence-corrected chi connectivity index (χ2v) is 6.07. The van der Waals surface area contributed by atoms with Gasteiger partial charge in [-0.05, 0) is 43.2 Å². The molecule has 5 nitrogen and oxygen atoms in total. The Morgan fingerprint density at radius 3 is 2.39 bits per heavy atom. The molecule has 28 heavy (non-hydrogen) atoms. The number of amides is 1. The molecule has 2 N–H and O–H groups in total. The second kappa shape index (κ2) is 8.51. The van der Waals surface area contributed by atoms with Crippen LogP contribution in [0.5, 0.6) is 0 Å². The third-order valence-corrected chi connectivity index (χ3v) is 3.88. The van der Waals surface area contributed by atoms with Crippen molar-refractivity contribution in [2.24, 2.45) is 0 Å². The van der Waals surface area contributed by atoms with Gasteiger partial charge in [-0.2, -0.15) is 0 Å². The Bertz CT molecular complexity index is 993. The fourth-order valence-electron chi connectivity index (χ4n) is 2.54. The lowest BCUT2D eigenvalue weighted by Crippen LogP contribution is -2.17. The number of hydrogen-bond acceptors (Lipinski definition) is 4. The molecule has 144 valence electrons. The molecule has 0 saturated carbocycles. The predicted molar refractivity (Wildman–Crippen MR) is 99.7 cm³/mol. The Morgan fingerprint density at radius 2 is 1.68 bits per heavy atom. The normalized spacial score (nSPS) is 10.6. The average molecular weight is 386 g/mol. The van der Waals surface area contributed by atoms with Crippen molar-refractivity contribution in [1.82, 2.24) is 9.97 Å². The van der Waals surface area contributed by atoms with Crippen LogP contribution in [0.2, 0.25) is 0 Å². The van der Waals surface area contributed by atoms with Crippen LogP contribution >= 0.6 is 0 Å². The molecule has 3 aromatic rings. The van der Waals surface area contributed by atoms with Crippen LogP contribution in [0.1, 0.15) is 21.9 Å². The van der Waals surface area contributed by atoms with Gasteiger partial charge in [-0.1, -0.05) is 12.1 Å². The van der Waals surface area contributed by atoms with Gasteiger partial charge < -0.3 is 10.6 Å². The molecule has 0 saturated heterocycles. The van der Waals surface area contributed by atoms with Crippen LogP contribution in [0, 0.1) is 24.4 Å². The van der Waals surface area contributed by atoms with E-state index in [4.69, 9.17) is 0 Å². The maximum atomic E-state index is 13.7. The Kier molecular flexibility index (Phi) is 5.88. The van der Waals surface area contributed by atoms with Gasteiger partial charge in [0.25, 0.3) is 5.91 Å². The van der Waals surface area contributed by atoms with E-state index < -0.39 is 17.5 Å². The summed E-state index contributed by atoms with van der Waals surface area (Å²) < 4.78 is 39.6. The van der Waals surface area contributed by atoms with Crippen LogP contribution in [0.3, 0.4) is 0 Å². The van der Waals surface area contributed by atoms with Gasteiger partial charge in [0.2, 0.25) is 0 Å². The Morgan fingerprint density at radius 1 is 0.964 bits per heavy atom. The summed E-state index contributed by atoms with van der Waals surface area (Å²) in [5.74, 6) is -1.76. The lowest BCUT2D eigenvalue weighted by Gasteiger charge is -2.10. The smallest absolute Gasteiger partial charge is 0.274 e. The first-order chi connectivity index (χ1) is 13.4. The zero-order chi connectivity index (χ0) is 20.1. The lowest BCUT2D eigenvalue weighted by atomic mass is 10.1. The number of hydrogen-bond donors (Lipinski definition) is 2. The predicted octanol–water partition coefficient (Wildman–Crippen LogP) is 4.11. The van der Waals surface area contributed by atoms with Crippen molar-refractivity contribution >= 4 is 17.4 Å². The van der Waals surface area contributed by atoms with Gasteiger partial charge in [-0.3, -0.25) is 4.79 Å². The number of aryl methyl sites for hydroxylation is 1. The Balaban J connectivity index is 1.66. The van der Waals surface area contributed by atoms with E-state index in [1.165, 1.54) is 18.2 Å². The number of carbonyl (C=O) groups excluding carboxylic acids is 1. The fourth-order valence-corrected chi connectivity index (χ4v) is 2.54. The summed E-state index contributed by atoms with van der Waals surface area (Å²) in [7, 11) is 0. The molecular weight excluding hydrogens is 369 g/mol. The van der Waals surface area contributed by atoms with E-state index in [1.807, 2.05) is 0 Å². The molecule has 0 unspecified atom stereocenters.